The molecule has 2 heterocycles. The summed E-state index contributed by atoms with van der Waals surface area (Å²) in [6.07, 6.45) is 6.72. The number of hydrazine groups is 1. The SMILES string of the molecule is CCCCCCCC(=O)NN1C(=O)c2ccccc2NC1c1ccco1. The smallest absolute Gasteiger partial charge is 0.276 e. The summed E-state index contributed by atoms with van der Waals surface area (Å²) in [6, 6.07) is 10.8. The van der Waals surface area contributed by atoms with Gasteiger partial charge >= 0.3 is 0 Å². The largest absolute Gasteiger partial charge is 0.465 e. The summed E-state index contributed by atoms with van der Waals surface area (Å²) in [7, 11) is 0. The third-order valence-corrected chi connectivity index (χ3v) is 4.49. The van der Waals surface area contributed by atoms with E-state index in [4.69, 9.17) is 4.42 Å². The molecule has 26 heavy (non-hydrogen) atoms. The predicted molar refractivity (Wildman–Crippen MR) is 99.2 cm³/mol. The van der Waals surface area contributed by atoms with E-state index >= 15 is 0 Å². The maximum absolute atomic E-state index is 12.9. The number of fused-ring (bicyclic) bond motifs is 1. The molecule has 0 saturated carbocycles. The normalized spacial score (nSPS) is 16.1. The van der Waals surface area contributed by atoms with E-state index in [1.165, 1.54) is 17.9 Å². The first-order valence-corrected chi connectivity index (χ1v) is 9.22. The van der Waals surface area contributed by atoms with Crippen LogP contribution >= 0.6 is 0 Å². The van der Waals surface area contributed by atoms with Gasteiger partial charge in [0.15, 0.2) is 6.17 Å². The molecule has 0 radical (unpaired) electrons. The van der Waals surface area contributed by atoms with Crippen molar-refractivity contribution in [2.24, 2.45) is 0 Å². The van der Waals surface area contributed by atoms with Gasteiger partial charge in [-0.15, -0.1) is 0 Å². The highest BCUT2D eigenvalue weighted by Crippen LogP contribution is 2.31. The Hall–Kier alpha value is -2.76. The molecular formula is C20H25N3O3. The Morgan fingerprint density at radius 2 is 1.96 bits per heavy atom. The fraction of sp³-hybridized carbons (Fsp3) is 0.400. The van der Waals surface area contributed by atoms with Gasteiger partial charge < -0.3 is 9.73 Å². The summed E-state index contributed by atoms with van der Waals surface area (Å²) in [5, 5.41) is 4.59. The highest BCUT2D eigenvalue weighted by Gasteiger charge is 2.35. The average molecular weight is 355 g/mol. The molecule has 0 saturated heterocycles. The number of hydrogen-bond acceptors (Lipinski definition) is 4. The molecule has 1 aliphatic heterocycles. The van der Waals surface area contributed by atoms with Crippen LogP contribution < -0.4 is 10.7 Å². The number of benzene rings is 1. The molecule has 2 N–H and O–H groups in total. The number of anilines is 1. The molecule has 138 valence electrons. The molecule has 0 aliphatic carbocycles. The zero-order chi connectivity index (χ0) is 18.4. The molecule has 1 aliphatic rings. The lowest BCUT2D eigenvalue weighted by Crippen LogP contribution is -2.52. The fourth-order valence-corrected chi connectivity index (χ4v) is 3.09. The Bertz CT molecular complexity index is 743. The van der Waals surface area contributed by atoms with E-state index < -0.39 is 6.17 Å². The second kappa shape index (κ2) is 8.56. The van der Waals surface area contributed by atoms with Crippen LogP contribution in [0.1, 0.15) is 67.7 Å². The van der Waals surface area contributed by atoms with Gasteiger partial charge in [-0.1, -0.05) is 44.7 Å². The van der Waals surface area contributed by atoms with Crippen LogP contribution in [0.25, 0.3) is 0 Å². The van der Waals surface area contributed by atoms with Crippen molar-refractivity contribution in [3.63, 3.8) is 0 Å². The quantitative estimate of drug-likeness (QED) is 0.695. The topological polar surface area (TPSA) is 74.6 Å². The lowest BCUT2D eigenvalue weighted by atomic mass is 10.1. The van der Waals surface area contributed by atoms with Crippen LogP contribution in [-0.4, -0.2) is 16.8 Å². The fourth-order valence-electron chi connectivity index (χ4n) is 3.09. The molecule has 6 nitrogen and oxygen atoms in total. The predicted octanol–water partition coefficient (Wildman–Crippen LogP) is 4.24. The summed E-state index contributed by atoms with van der Waals surface area (Å²) in [5.41, 5.74) is 4.01. The molecule has 0 bridgehead atoms. The molecule has 1 unspecified atom stereocenters. The second-order valence-electron chi connectivity index (χ2n) is 6.48. The molecule has 0 fully saturated rings. The number of carbonyl (C=O) groups excluding carboxylic acids is 2. The lowest BCUT2D eigenvalue weighted by molar-refractivity contribution is -0.126. The van der Waals surface area contributed by atoms with Crippen molar-refractivity contribution in [3.05, 3.63) is 54.0 Å². The number of para-hydroxylation sites is 1. The van der Waals surface area contributed by atoms with E-state index in [0.29, 0.717) is 17.7 Å². The van der Waals surface area contributed by atoms with Gasteiger partial charge in [0.05, 0.1) is 11.8 Å². The Labute approximate surface area is 153 Å². The van der Waals surface area contributed by atoms with Gasteiger partial charge in [0.1, 0.15) is 5.76 Å². The molecular weight excluding hydrogens is 330 g/mol. The summed E-state index contributed by atoms with van der Waals surface area (Å²) < 4.78 is 5.47. The van der Waals surface area contributed by atoms with Crippen molar-refractivity contribution in [3.8, 4) is 0 Å². The molecule has 1 atom stereocenters. The zero-order valence-corrected chi connectivity index (χ0v) is 15.0. The van der Waals surface area contributed by atoms with Crippen molar-refractivity contribution in [2.45, 2.75) is 51.6 Å². The van der Waals surface area contributed by atoms with Crippen LogP contribution in [0, 0.1) is 0 Å². The molecule has 1 aromatic heterocycles. The highest BCUT2D eigenvalue weighted by molar-refractivity contribution is 6.02. The molecule has 1 aromatic carbocycles. The zero-order valence-electron chi connectivity index (χ0n) is 15.0. The van der Waals surface area contributed by atoms with Crippen LogP contribution in [0.3, 0.4) is 0 Å². The van der Waals surface area contributed by atoms with Crippen LogP contribution in [0.15, 0.2) is 47.1 Å². The summed E-state index contributed by atoms with van der Waals surface area (Å²) in [5.74, 6) is 0.156. The first kappa shape index (κ1) is 18.0. The van der Waals surface area contributed by atoms with Gasteiger partial charge in [0, 0.05) is 12.1 Å². The van der Waals surface area contributed by atoms with Crippen molar-refractivity contribution in [1.29, 1.82) is 0 Å². The maximum Gasteiger partial charge on any atom is 0.276 e. The van der Waals surface area contributed by atoms with Gasteiger partial charge in [0.25, 0.3) is 5.91 Å². The summed E-state index contributed by atoms with van der Waals surface area (Å²) in [4.78, 5) is 25.3. The van der Waals surface area contributed by atoms with Crippen molar-refractivity contribution in [1.82, 2.24) is 10.4 Å². The van der Waals surface area contributed by atoms with Gasteiger partial charge in [-0.05, 0) is 30.7 Å². The lowest BCUT2D eigenvalue weighted by Gasteiger charge is -2.36. The van der Waals surface area contributed by atoms with Crippen molar-refractivity contribution >= 4 is 17.5 Å². The minimum Gasteiger partial charge on any atom is -0.465 e. The number of unbranched alkanes of at least 4 members (excludes halogenated alkanes) is 4. The van der Waals surface area contributed by atoms with Crippen LogP contribution in [0.4, 0.5) is 5.69 Å². The minimum atomic E-state index is -0.573. The first-order chi connectivity index (χ1) is 12.7. The van der Waals surface area contributed by atoms with Gasteiger partial charge in [0.2, 0.25) is 5.91 Å². The number of furan rings is 1. The van der Waals surface area contributed by atoms with E-state index in [9.17, 15) is 9.59 Å². The Kier molecular flexibility index (Phi) is 5.94. The number of rotatable bonds is 8. The van der Waals surface area contributed by atoms with E-state index in [1.54, 1.807) is 30.5 Å². The number of carbonyl (C=O) groups is 2. The number of nitrogens with zero attached hydrogens (tertiary/aromatic N) is 1. The Morgan fingerprint density at radius 1 is 1.15 bits per heavy atom. The maximum atomic E-state index is 12.9. The Morgan fingerprint density at radius 3 is 2.73 bits per heavy atom. The third kappa shape index (κ3) is 4.07. The highest BCUT2D eigenvalue weighted by atomic mass is 16.3. The standard InChI is InChI=1S/C20H25N3O3/c1-2-3-4-5-6-13-18(24)22-23-19(17-12-9-14-26-17)21-16-11-8-7-10-15(16)20(23)25/h7-12,14,19,21H,2-6,13H2,1H3,(H,22,24). The van der Waals surface area contributed by atoms with Gasteiger partial charge in [-0.3, -0.25) is 15.0 Å². The number of nitrogens with one attached hydrogen (secondary N) is 2. The molecule has 6 heteroatoms. The van der Waals surface area contributed by atoms with E-state index in [2.05, 4.69) is 17.7 Å². The number of hydrogen-bond donors (Lipinski definition) is 2. The molecule has 2 amide bonds. The van der Waals surface area contributed by atoms with Crippen molar-refractivity contribution in [2.75, 3.05) is 5.32 Å². The van der Waals surface area contributed by atoms with Crippen LogP contribution in [-0.2, 0) is 4.79 Å². The monoisotopic (exact) mass is 355 g/mol. The van der Waals surface area contributed by atoms with Gasteiger partial charge in [-0.25, -0.2) is 5.01 Å². The van der Waals surface area contributed by atoms with E-state index in [-0.39, 0.29) is 11.8 Å². The Balaban J connectivity index is 1.70. The minimum absolute atomic E-state index is 0.160. The van der Waals surface area contributed by atoms with Gasteiger partial charge in [-0.2, -0.15) is 0 Å². The molecule has 3 rings (SSSR count). The summed E-state index contributed by atoms with van der Waals surface area (Å²) in [6.45, 7) is 2.16. The third-order valence-electron chi connectivity index (χ3n) is 4.49. The molecule has 2 aromatic rings. The van der Waals surface area contributed by atoms with E-state index in [1.807, 2.05) is 12.1 Å². The first-order valence-electron chi connectivity index (χ1n) is 9.22. The summed E-state index contributed by atoms with van der Waals surface area (Å²) >= 11 is 0. The second-order valence-corrected chi connectivity index (χ2v) is 6.48. The van der Waals surface area contributed by atoms with Crippen LogP contribution in [0.5, 0.6) is 0 Å². The molecule has 0 spiro atoms. The van der Waals surface area contributed by atoms with Crippen molar-refractivity contribution < 1.29 is 14.0 Å². The number of amides is 2. The average Bonchev–Trinajstić information content (AvgIpc) is 3.18. The van der Waals surface area contributed by atoms with Crippen LogP contribution in [0.2, 0.25) is 0 Å². The van der Waals surface area contributed by atoms with E-state index in [0.717, 1.165) is 24.9 Å².